The topological polar surface area (TPSA) is 103 Å². The highest BCUT2D eigenvalue weighted by molar-refractivity contribution is 6.36. The van der Waals surface area contributed by atoms with Crippen LogP contribution < -0.4 is 16.9 Å². The normalized spacial score (nSPS) is 13.6. The molecule has 6 nitrogen and oxygen atoms in total. The summed E-state index contributed by atoms with van der Waals surface area (Å²) in [5.41, 5.74) is 12.3. The van der Waals surface area contributed by atoms with Crippen LogP contribution in [0.4, 0.5) is 36.4 Å². The molecular weight excluding hydrogens is 413 g/mol. The van der Waals surface area contributed by atoms with Crippen LogP contribution in [-0.2, 0) is 16.1 Å². The number of ether oxygens (including phenoxy) is 1. The van der Waals surface area contributed by atoms with Crippen molar-refractivity contribution >= 4 is 29.0 Å². The van der Waals surface area contributed by atoms with Crippen molar-refractivity contribution < 1.29 is 40.3 Å². The SMILES string of the molecule is NC(=O)C(N)=NNc1ccc(Cl)c(COCC(F)(F)C(F)(F)C(F)(F)F)c1. The summed E-state index contributed by atoms with van der Waals surface area (Å²) >= 11 is 5.76. The molecule has 0 fully saturated rings. The van der Waals surface area contributed by atoms with Gasteiger partial charge < -0.3 is 16.2 Å². The molecule has 0 heterocycles. The number of carbonyl (C=O) groups is 1. The number of halogens is 8. The van der Waals surface area contributed by atoms with Crippen molar-refractivity contribution in [3.63, 3.8) is 0 Å². The van der Waals surface area contributed by atoms with Crippen LogP contribution in [0, 0.1) is 0 Å². The number of nitrogens with zero attached hydrogens (tertiary/aromatic N) is 1. The molecule has 14 heteroatoms. The van der Waals surface area contributed by atoms with Crippen molar-refractivity contribution in [2.75, 3.05) is 12.0 Å². The van der Waals surface area contributed by atoms with Gasteiger partial charge in [0.25, 0.3) is 5.91 Å². The number of primary amides is 1. The molecule has 0 saturated carbocycles. The van der Waals surface area contributed by atoms with Crippen molar-refractivity contribution in [3.05, 3.63) is 28.8 Å². The third-order valence-electron chi connectivity index (χ3n) is 2.96. The number of benzene rings is 1. The fourth-order valence-electron chi connectivity index (χ4n) is 1.52. The molecule has 5 N–H and O–H groups in total. The molecule has 0 radical (unpaired) electrons. The zero-order valence-electron chi connectivity index (χ0n) is 13.1. The minimum absolute atomic E-state index is 0.0411. The minimum Gasteiger partial charge on any atom is -0.378 e. The molecule has 1 amide bonds. The van der Waals surface area contributed by atoms with Gasteiger partial charge in [-0.3, -0.25) is 10.2 Å². The number of anilines is 1. The Morgan fingerprint density at radius 2 is 1.74 bits per heavy atom. The highest BCUT2D eigenvalue weighted by Gasteiger charge is 2.72. The van der Waals surface area contributed by atoms with E-state index in [9.17, 15) is 35.5 Å². The first-order valence-electron chi connectivity index (χ1n) is 6.76. The Kier molecular flexibility index (Phi) is 6.88. The average molecular weight is 425 g/mol. The number of nitrogens with two attached hydrogens (primary N) is 2. The molecule has 1 rings (SSSR count). The number of hydrogen-bond acceptors (Lipinski definition) is 4. The van der Waals surface area contributed by atoms with E-state index in [0.29, 0.717) is 0 Å². The number of amidine groups is 1. The van der Waals surface area contributed by atoms with Gasteiger partial charge in [-0.2, -0.15) is 35.8 Å². The van der Waals surface area contributed by atoms with Gasteiger partial charge in [-0.1, -0.05) is 11.6 Å². The molecule has 0 saturated heterocycles. The van der Waals surface area contributed by atoms with Gasteiger partial charge >= 0.3 is 18.0 Å². The first kappa shape index (κ1) is 22.8. The Morgan fingerprint density at radius 3 is 2.26 bits per heavy atom. The summed E-state index contributed by atoms with van der Waals surface area (Å²) in [4.78, 5) is 10.7. The summed E-state index contributed by atoms with van der Waals surface area (Å²) in [6, 6.07) is 3.69. The van der Waals surface area contributed by atoms with E-state index in [4.69, 9.17) is 23.1 Å². The first-order chi connectivity index (χ1) is 12.2. The van der Waals surface area contributed by atoms with Gasteiger partial charge in [0, 0.05) is 5.02 Å². The molecule has 0 spiro atoms. The van der Waals surface area contributed by atoms with Gasteiger partial charge in [0.15, 0.2) is 0 Å². The van der Waals surface area contributed by atoms with Crippen LogP contribution in [0.2, 0.25) is 5.02 Å². The number of hydrogen-bond donors (Lipinski definition) is 3. The fraction of sp³-hybridized carbons (Fsp3) is 0.385. The van der Waals surface area contributed by atoms with Crippen LogP contribution in [0.5, 0.6) is 0 Å². The summed E-state index contributed by atoms with van der Waals surface area (Å²) < 4.78 is 92.2. The molecular formula is C13H12ClF7N4O2. The maximum absolute atomic E-state index is 13.1. The molecule has 0 aromatic heterocycles. The Balaban J connectivity index is 2.81. The summed E-state index contributed by atoms with van der Waals surface area (Å²) in [7, 11) is 0. The van der Waals surface area contributed by atoms with Crippen molar-refractivity contribution in [3.8, 4) is 0 Å². The standard InChI is InChI=1S/C13H12ClF7N4O2/c14-8-2-1-7(24-25-9(22)10(23)26)3-6(8)4-27-5-11(15,16)12(17,18)13(19,20)21/h1-3,24H,4-5H2,(H2,22,25)(H2,23,26). The van der Waals surface area contributed by atoms with E-state index in [-0.39, 0.29) is 16.3 Å². The monoisotopic (exact) mass is 424 g/mol. The zero-order valence-corrected chi connectivity index (χ0v) is 13.8. The second-order valence-corrected chi connectivity index (χ2v) is 5.46. The quantitative estimate of drug-likeness (QED) is 0.271. The Labute approximate surface area is 152 Å². The van der Waals surface area contributed by atoms with E-state index < -0.39 is 43.0 Å². The lowest BCUT2D eigenvalue weighted by molar-refractivity contribution is -0.361. The lowest BCUT2D eigenvalue weighted by atomic mass is 10.1. The highest BCUT2D eigenvalue weighted by Crippen LogP contribution is 2.46. The van der Waals surface area contributed by atoms with Crippen LogP contribution in [0.3, 0.4) is 0 Å². The van der Waals surface area contributed by atoms with Crippen molar-refractivity contribution in [2.24, 2.45) is 16.6 Å². The molecule has 0 bridgehead atoms. The van der Waals surface area contributed by atoms with Gasteiger partial charge in [-0.05, 0) is 23.8 Å². The fourth-order valence-corrected chi connectivity index (χ4v) is 1.69. The predicted octanol–water partition coefficient (Wildman–Crippen LogP) is 2.86. The van der Waals surface area contributed by atoms with Crippen molar-refractivity contribution in [2.45, 2.75) is 24.6 Å². The van der Waals surface area contributed by atoms with Crippen molar-refractivity contribution in [1.29, 1.82) is 0 Å². The molecule has 0 atom stereocenters. The maximum Gasteiger partial charge on any atom is 0.459 e. The van der Waals surface area contributed by atoms with E-state index >= 15 is 0 Å². The average Bonchev–Trinajstić information content (AvgIpc) is 2.53. The van der Waals surface area contributed by atoms with E-state index in [1.165, 1.54) is 12.1 Å². The second-order valence-electron chi connectivity index (χ2n) is 5.05. The Hall–Kier alpha value is -2.28. The van der Waals surface area contributed by atoms with Gasteiger partial charge in [-0.25, -0.2) is 0 Å². The van der Waals surface area contributed by atoms with Crippen LogP contribution in [0.1, 0.15) is 5.56 Å². The van der Waals surface area contributed by atoms with Crippen LogP contribution >= 0.6 is 11.6 Å². The molecule has 0 aliphatic rings. The van der Waals surface area contributed by atoms with E-state index in [2.05, 4.69) is 15.3 Å². The molecule has 0 unspecified atom stereocenters. The molecule has 0 aliphatic heterocycles. The third kappa shape index (κ3) is 5.60. The number of amides is 1. The maximum atomic E-state index is 13.1. The predicted molar refractivity (Wildman–Crippen MR) is 81.5 cm³/mol. The van der Waals surface area contributed by atoms with Gasteiger partial charge in [0.1, 0.15) is 6.61 Å². The summed E-state index contributed by atoms with van der Waals surface area (Å²) in [6.45, 7) is -3.02. The lowest BCUT2D eigenvalue weighted by Gasteiger charge is -2.27. The molecule has 152 valence electrons. The smallest absolute Gasteiger partial charge is 0.378 e. The number of carbonyl (C=O) groups excluding carboxylic acids is 1. The number of hydrazone groups is 1. The molecule has 1 aromatic rings. The number of rotatable bonds is 7. The minimum atomic E-state index is -6.44. The van der Waals surface area contributed by atoms with Gasteiger partial charge in [0.05, 0.1) is 12.3 Å². The summed E-state index contributed by atoms with van der Waals surface area (Å²) in [5, 5.41) is 3.33. The molecule has 27 heavy (non-hydrogen) atoms. The summed E-state index contributed by atoms with van der Waals surface area (Å²) in [5.74, 6) is -13.4. The summed E-state index contributed by atoms with van der Waals surface area (Å²) in [6.07, 6.45) is -6.44. The highest BCUT2D eigenvalue weighted by atomic mass is 35.5. The third-order valence-corrected chi connectivity index (χ3v) is 3.33. The second kappa shape index (κ2) is 8.17. The van der Waals surface area contributed by atoms with Gasteiger partial charge in [-0.15, -0.1) is 0 Å². The number of alkyl halides is 7. The van der Waals surface area contributed by atoms with Crippen LogP contribution in [-0.4, -0.2) is 36.4 Å². The number of nitrogens with one attached hydrogen (secondary N) is 1. The zero-order chi connectivity index (χ0) is 21.0. The first-order valence-corrected chi connectivity index (χ1v) is 7.14. The van der Waals surface area contributed by atoms with E-state index in [1.807, 2.05) is 0 Å². The largest absolute Gasteiger partial charge is 0.459 e. The Morgan fingerprint density at radius 1 is 1.15 bits per heavy atom. The van der Waals surface area contributed by atoms with E-state index in [0.717, 1.165) is 6.07 Å². The Bertz CT molecular complexity index is 725. The molecule has 1 aromatic carbocycles. The van der Waals surface area contributed by atoms with Crippen LogP contribution in [0.15, 0.2) is 23.3 Å². The lowest BCUT2D eigenvalue weighted by Crippen LogP contribution is -2.54. The van der Waals surface area contributed by atoms with Gasteiger partial charge in [0.2, 0.25) is 5.84 Å². The van der Waals surface area contributed by atoms with Crippen molar-refractivity contribution in [1.82, 2.24) is 0 Å². The molecule has 0 aliphatic carbocycles. The van der Waals surface area contributed by atoms with E-state index in [1.54, 1.807) is 0 Å². The van der Waals surface area contributed by atoms with Crippen LogP contribution in [0.25, 0.3) is 0 Å².